The van der Waals surface area contributed by atoms with Crippen LogP contribution in [0.15, 0.2) is 0 Å². The molecule has 0 rings (SSSR count). The van der Waals surface area contributed by atoms with E-state index >= 15 is 0 Å². The minimum atomic E-state index is -7.07. The first-order valence-corrected chi connectivity index (χ1v) is 4.73. The molecule has 0 aromatic heterocycles. The molecule has 0 saturated heterocycles. The van der Waals surface area contributed by atoms with Crippen molar-refractivity contribution in [1.82, 2.24) is 0 Å². The molecule has 0 atom stereocenters. The van der Waals surface area contributed by atoms with Crippen molar-refractivity contribution < 1.29 is 57.8 Å². The van der Waals surface area contributed by atoms with Crippen molar-refractivity contribution in [2.75, 3.05) is 6.61 Å². The van der Waals surface area contributed by atoms with Gasteiger partial charge in [0.15, 0.2) is 0 Å². The Morgan fingerprint density at radius 1 is 0.857 bits per heavy atom. The second-order valence-electron chi connectivity index (χ2n) is 3.57. The molecule has 0 aliphatic carbocycles. The van der Waals surface area contributed by atoms with Crippen LogP contribution in [0.4, 0.5) is 48.3 Å². The number of ether oxygens (including phenoxy) is 1. The van der Waals surface area contributed by atoms with E-state index < -0.39 is 49.4 Å². The van der Waals surface area contributed by atoms with E-state index in [2.05, 4.69) is 4.74 Å². The van der Waals surface area contributed by atoms with E-state index in [4.69, 9.17) is 0 Å². The summed E-state index contributed by atoms with van der Waals surface area (Å²) in [5.41, 5.74) is 0. The SMILES string of the molecule is O=C(OCCC(F)(F)C(F)(F)C(F)(F)C(F)(F)F)C(F)F. The highest BCUT2D eigenvalue weighted by Crippen LogP contribution is 2.53. The first-order chi connectivity index (χ1) is 9.08. The zero-order chi connectivity index (χ0) is 17.3. The second-order valence-corrected chi connectivity index (χ2v) is 3.57. The Kier molecular flexibility index (Phi) is 5.47. The van der Waals surface area contributed by atoms with Gasteiger partial charge < -0.3 is 4.74 Å². The van der Waals surface area contributed by atoms with Gasteiger partial charge in [0.05, 0.1) is 13.0 Å². The molecular formula is C8H5F11O2. The molecule has 126 valence electrons. The zero-order valence-electron chi connectivity index (χ0n) is 9.47. The number of carbonyl (C=O) groups excluding carboxylic acids is 1. The smallest absolute Gasteiger partial charge is 0.460 e. The molecule has 0 bridgehead atoms. The van der Waals surface area contributed by atoms with Crippen molar-refractivity contribution in [3.63, 3.8) is 0 Å². The summed E-state index contributed by atoms with van der Waals surface area (Å²) in [5.74, 6) is -22.3. The fraction of sp³-hybridized carbons (Fsp3) is 0.875. The molecule has 0 aromatic rings. The summed E-state index contributed by atoms with van der Waals surface area (Å²) in [4.78, 5) is 10.1. The van der Waals surface area contributed by atoms with Gasteiger partial charge in [0.1, 0.15) is 0 Å². The fourth-order valence-electron chi connectivity index (χ4n) is 0.907. The predicted octanol–water partition coefficient (Wildman–Crippen LogP) is 3.65. The lowest BCUT2D eigenvalue weighted by Gasteiger charge is -2.33. The zero-order valence-corrected chi connectivity index (χ0v) is 9.47. The van der Waals surface area contributed by atoms with Crippen molar-refractivity contribution in [3.8, 4) is 0 Å². The average Bonchev–Trinajstić information content (AvgIpc) is 2.26. The van der Waals surface area contributed by atoms with Crippen LogP contribution in [0.1, 0.15) is 6.42 Å². The molecule has 0 spiro atoms. The summed E-state index contributed by atoms with van der Waals surface area (Å²) in [6.45, 7) is -1.90. The van der Waals surface area contributed by atoms with E-state index in [1.165, 1.54) is 0 Å². The fourth-order valence-corrected chi connectivity index (χ4v) is 0.907. The lowest BCUT2D eigenvalue weighted by Crippen LogP contribution is -2.61. The van der Waals surface area contributed by atoms with Crippen molar-refractivity contribution in [2.24, 2.45) is 0 Å². The van der Waals surface area contributed by atoms with Crippen LogP contribution in [0.2, 0.25) is 0 Å². The van der Waals surface area contributed by atoms with Gasteiger partial charge in [0.2, 0.25) is 0 Å². The summed E-state index contributed by atoms with van der Waals surface area (Å²) in [6, 6.07) is 0. The van der Waals surface area contributed by atoms with E-state index in [9.17, 15) is 53.1 Å². The topological polar surface area (TPSA) is 26.3 Å². The van der Waals surface area contributed by atoms with E-state index in [1.807, 2.05) is 0 Å². The molecule has 0 N–H and O–H groups in total. The van der Waals surface area contributed by atoms with Crippen LogP contribution in [-0.2, 0) is 9.53 Å². The predicted molar refractivity (Wildman–Crippen MR) is 42.5 cm³/mol. The van der Waals surface area contributed by atoms with Gasteiger partial charge in [-0.05, 0) is 0 Å². The molecule has 21 heavy (non-hydrogen) atoms. The Morgan fingerprint density at radius 3 is 1.62 bits per heavy atom. The first-order valence-electron chi connectivity index (χ1n) is 4.73. The Balaban J connectivity index is 5.01. The van der Waals surface area contributed by atoms with Gasteiger partial charge in [-0.3, -0.25) is 0 Å². The van der Waals surface area contributed by atoms with Crippen LogP contribution >= 0.6 is 0 Å². The number of esters is 1. The van der Waals surface area contributed by atoms with Crippen LogP contribution in [-0.4, -0.2) is 42.9 Å². The molecule has 0 saturated carbocycles. The molecule has 2 nitrogen and oxygen atoms in total. The Morgan fingerprint density at radius 2 is 1.29 bits per heavy atom. The summed E-state index contributed by atoms with van der Waals surface area (Å²) >= 11 is 0. The largest absolute Gasteiger partial charge is 0.461 e. The van der Waals surface area contributed by atoms with E-state index in [-0.39, 0.29) is 0 Å². The number of carbonyl (C=O) groups is 1. The van der Waals surface area contributed by atoms with E-state index in [0.717, 1.165) is 0 Å². The molecule has 0 unspecified atom stereocenters. The number of halogens is 11. The van der Waals surface area contributed by atoms with E-state index in [0.29, 0.717) is 0 Å². The molecule has 0 aliphatic rings. The molecule has 13 heteroatoms. The Bertz CT molecular complexity index is 373. The van der Waals surface area contributed by atoms with Gasteiger partial charge in [0, 0.05) is 0 Å². The summed E-state index contributed by atoms with van der Waals surface area (Å²) in [6.07, 6.45) is -13.3. The normalized spacial score (nSPS) is 14.5. The molecule has 0 aromatic carbocycles. The van der Waals surface area contributed by atoms with Crippen molar-refractivity contribution in [3.05, 3.63) is 0 Å². The third-order valence-corrected chi connectivity index (χ3v) is 2.05. The van der Waals surface area contributed by atoms with Crippen LogP contribution in [0.25, 0.3) is 0 Å². The van der Waals surface area contributed by atoms with Gasteiger partial charge in [-0.2, -0.15) is 48.3 Å². The molecular weight excluding hydrogens is 337 g/mol. The maximum Gasteiger partial charge on any atom is 0.460 e. The first kappa shape index (κ1) is 19.7. The van der Waals surface area contributed by atoms with Gasteiger partial charge in [-0.1, -0.05) is 0 Å². The quantitative estimate of drug-likeness (QED) is 0.544. The average molecular weight is 342 g/mol. The Hall–Kier alpha value is -1.30. The lowest BCUT2D eigenvalue weighted by atomic mass is 10.0. The van der Waals surface area contributed by atoms with Crippen molar-refractivity contribution >= 4 is 5.97 Å². The summed E-state index contributed by atoms with van der Waals surface area (Å²) in [7, 11) is 0. The highest BCUT2D eigenvalue weighted by atomic mass is 19.4. The monoisotopic (exact) mass is 342 g/mol. The number of hydrogen-bond donors (Lipinski definition) is 0. The minimum absolute atomic E-state index is 1.90. The number of hydrogen-bond acceptors (Lipinski definition) is 2. The number of rotatable bonds is 6. The summed E-state index contributed by atoms with van der Waals surface area (Å²) in [5, 5.41) is 0. The van der Waals surface area contributed by atoms with Gasteiger partial charge in [-0.15, -0.1) is 0 Å². The summed E-state index contributed by atoms with van der Waals surface area (Å²) < 4.78 is 137. The van der Waals surface area contributed by atoms with Gasteiger partial charge in [-0.25, -0.2) is 4.79 Å². The maximum absolute atomic E-state index is 12.8. The van der Waals surface area contributed by atoms with Gasteiger partial charge in [0.25, 0.3) is 0 Å². The van der Waals surface area contributed by atoms with Crippen LogP contribution in [0, 0.1) is 0 Å². The molecule has 0 aliphatic heterocycles. The van der Waals surface area contributed by atoms with Crippen molar-refractivity contribution in [2.45, 2.75) is 36.8 Å². The number of alkyl halides is 11. The second kappa shape index (κ2) is 5.83. The highest BCUT2D eigenvalue weighted by molar-refractivity contribution is 5.72. The van der Waals surface area contributed by atoms with Crippen molar-refractivity contribution in [1.29, 1.82) is 0 Å². The van der Waals surface area contributed by atoms with Crippen LogP contribution in [0.5, 0.6) is 0 Å². The molecule has 0 amide bonds. The minimum Gasteiger partial charge on any atom is -0.461 e. The third-order valence-electron chi connectivity index (χ3n) is 2.05. The Labute approximate surface area is 108 Å². The van der Waals surface area contributed by atoms with Crippen LogP contribution in [0.3, 0.4) is 0 Å². The van der Waals surface area contributed by atoms with Gasteiger partial charge >= 0.3 is 36.3 Å². The lowest BCUT2D eigenvalue weighted by molar-refractivity contribution is -0.397. The van der Waals surface area contributed by atoms with E-state index in [1.54, 1.807) is 0 Å². The molecule has 0 fully saturated rings. The standard InChI is InChI=1S/C8H5F11O2/c9-3(10)4(20)21-2-1-5(11,12)6(13,14)7(15,16)8(17,18)19/h3H,1-2H2. The maximum atomic E-state index is 12.8. The molecule has 0 radical (unpaired) electrons. The molecule has 0 heterocycles. The third kappa shape index (κ3) is 3.87. The van der Waals surface area contributed by atoms with Crippen LogP contribution < -0.4 is 0 Å². The highest BCUT2D eigenvalue weighted by Gasteiger charge is 2.81.